The normalized spacial score (nSPS) is 20.1. The third kappa shape index (κ3) is 4.31. The number of benzene rings is 2. The summed E-state index contributed by atoms with van der Waals surface area (Å²) < 4.78 is 57.9. The number of hydrogen-bond donors (Lipinski definition) is 0. The maximum atomic E-state index is 14.8. The Bertz CT molecular complexity index is 815. The number of allylic oxidation sites excluding steroid dienone is 1. The van der Waals surface area contributed by atoms with E-state index in [2.05, 4.69) is 6.92 Å². The lowest BCUT2D eigenvalue weighted by Crippen LogP contribution is -2.13. The summed E-state index contributed by atoms with van der Waals surface area (Å²) in [5.74, 6) is -2.39. The molecule has 3 rings (SSSR count). The summed E-state index contributed by atoms with van der Waals surface area (Å²) in [5.41, 5.74) is -0.0857. The smallest absolute Gasteiger partial charge is 0.134 e. The summed E-state index contributed by atoms with van der Waals surface area (Å²) in [4.78, 5) is 0. The first-order valence-electron chi connectivity index (χ1n) is 10.1. The van der Waals surface area contributed by atoms with Crippen LogP contribution in [0, 0.1) is 29.2 Å². The van der Waals surface area contributed by atoms with Crippen molar-refractivity contribution in [2.24, 2.45) is 5.92 Å². The molecule has 2 aromatic carbocycles. The van der Waals surface area contributed by atoms with Crippen LogP contribution in [0.4, 0.5) is 17.6 Å². The highest BCUT2D eigenvalue weighted by Gasteiger charge is 2.24. The Kier molecular flexibility index (Phi) is 6.58. The standard InChI is InChI=1S/C24H26F4/c1-3-5-15-7-9-16(10-8-15)17-11-22(27)24(23(28)12-17)18-13-20(25)19(6-4-2)21(26)14-18/h4,6,11-16H,3,5,7-10H2,1-2H3/b6-4+. The van der Waals surface area contributed by atoms with Crippen molar-refractivity contribution in [2.75, 3.05) is 0 Å². The molecule has 0 heterocycles. The van der Waals surface area contributed by atoms with Crippen LogP contribution in [0.2, 0.25) is 0 Å². The fraction of sp³-hybridized carbons (Fsp3) is 0.417. The van der Waals surface area contributed by atoms with Crippen LogP contribution in [0.25, 0.3) is 17.2 Å². The second-order valence-corrected chi connectivity index (χ2v) is 7.72. The van der Waals surface area contributed by atoms with Crippen LogP contribution in [0.3, 0.4) is 0 Å². The predicted octanol–water partition coefficient (Wildman–Crippen LogP) is 8.02. The van der Waals surface area contributed by atoms with Crippen LogP contribution < -0.4 is 0 Å². The van der Waals surface area contributed by atoms with Crippen molar-refractivity contribution in [3.05, 3.63) is 64.7 Å². The van der Waals surface area contributed by atoms with E-state index >= 15 is 0 Å². The topological polar surface area (TPSA) is 0 Å². The second-order valence-electron chi connectivity index (χ2n) is 7.72. The molecule has 0 amide bonds. The Balaban J connectivity index is 1.89. The molecule has 150 valence electrons. The van der Waals surface area contributed by atoms with Crippen molar-refractivity contribution in [1.82, 2.24) is 0 Å². The summed E-state index contributed by atoms with van der Waals surface area (Å²) >= 11 is 0. The highest BCUT2D eigenvalue weighted by Crippen LogP contribution is 2.39. The number of hydrogen-bond acceptors (Lipinski definition) is 0. The van der Waals surface area contributed by atoms with Crippen LogP contribution >= 0.6 is 0 Å². The molecule has 28 heavy (non-hydrogen) atoms. The minimum atomic E-state index is -0.842. The molecule has 0 atom stereocenters. The van der Waals surface area contributed by atoms with Crippen LogP contribution in [-0.4, -0.2) is 0 Å². The zero-order valence-electron chi connectivity index (χ0n) is 16.4. The first-order chi connectivity index (χ1) is 13.4. The molecule has 1 aliphatic rings. The van der Waals surface area contributed by atoms with Crippen LogP contribution in [-0.2, 0) is 0 Å². The van der Waals surface area contributed by atoms with Crippen LogP contribution in [0.1, 0.15) is 69.4 Å². The van der Waals surface area contributed by atoms with Gasteiger partial charge in [-0.3, -0.25) is 0 Å². The maximum Gasteiger partial charge on any atom is 0.134 e. The maximum absolute atomic E-state index is 14.8. The lowest BCUT2D eigenvalue weighted by molar-refractivity contribution is 0.307. The van der Waals surface area contributed by atoms with Crippen molar-refractivity contribution < 1.29 is 17.6 Å². The van der Waals surface area contributed by atoms with Crippen molar-refractivity contribution in [2.45, 2.75) is 58.3 Å². The van der Waals surface area contributed by atoms with Gasteiger partial charge in [0, 0.05) is 5.56 Å². The van der Waals surface area contributed by atoms with Gasteiger partial charge in [-0.05, 0) is 79.8 Å². The van der Waals surface area contributed by atoms with E-state index in [1.807, 2.05) is 0 Å². The van der Waals surface area contributed by atoms with Gasteiger partial charge >= 0.3 is 0 Å². The number of halogens is 4. The Hall–Kier alpha value is -2.10. The lowest BCUT2D eigenvalue weighted by atomic mass is 9.77. The Morgan fingerprint density at radius 1 is 0.857 bits per heavy atom. The quantitative estimate of drug-likeness (QED) is 0.454. The van der Waals surface area contributed by atoms with Gasteiger partial charge in [-0.1, -0.05) is 31.9 Å². The summed E-state index contributed by atoms with van der Waals surface area (Å²) in [5, 5.41) is 0. The van der Waals surface area contributed by atoms with E-state index in [9.17, 15) is 17.6 Å². The van der Waals surface area contributed by atoms with Gasteiger partial charge in [0.1, 0.15) is 23.3 Å². The molecule has 0 radical (unpaired) electrons. The number of rotatable bonds is 5. The SMILES string of the molecule is C/C=C/c1c(F)cc(-c2c(F)cc(C3CCC(CCC)CC3)cc2F)cc1F. The third-order valence-corrected chi connectivity index (χ3v) is 5.78. The molecule has 1 saturated carbocycles. The molecule has 0 aromatic heterocycles. The van der Waals surface area contributed by atoms with Crippen LogP contribution in [0.15, 0.2) is 30.3 Å². The molecule has 4 heteroatoms. The summed E-state index contributed by atoms with van der Waals surface area (Å²) in [7, 11) is 0. The van der Waals surface area contributed by atoms with E-state index in [0.717, 1.165) is 44.2 Å². The van der Waals surface area contributed by atoms with Crippen molar-refractivity contribution >= 4 is 6.08 Å². The van der Waals surface area contributed by atoms with Gasteiger partial charge in [-0.2, -0.15) is 0 Å². The first kappa shape index (κ1) is 20.6. The molecule has 0 nitrogen and oxygen atoms in total. The molecule has 0 unspecified atom stereocenters. The Morgan fingerprint density at radius 3 is 1.93 bits per heavy atom. The average Bonchev–Trinajstić information content (AvgIpc) is 2.65. The minimum Gasteiger partial charge on any atom is -0.206 e. The highest BCUT2D eigenvalue weighted by molar-refractivity contribution is 5.68. The van der Waals surface area contributed by atoms with Gasteiger partial charge < -0.3 is 0 Å². The molecule has 1 aliphatic carbocycles. The fourth-order valence-electron chi connectivity index (χ4n) is 4.35. The summed E-state index contributed by atoms with van der Waals surface area (Å²) in [6.45, 7) is 3.81. The molecular formula is C24H26F4. The molecule has 0 spiro atoms. The predicted molar refractivity (Wildman–Crippen MR) is 106 cm³/mol. The second kappa shape index (κ2) is 8.93. The summed E-state index contributed by atoms with van der Waals surface area (Å²) in [6, 6.07) is 4.63. The zero-order valence-corrected chi connectivity index (χ0v) is 16.4. The average molecular weight is 390 g/mol. The van der Waals surface area contributed by atoms with Crippen molar-refractivity contribution in [3.8, 4) is 11.1 Å². The van der Waals surface area contributed by atoms with Gasteiger partial charge in [0.2, 0.25) is 0 Å². The van der Waals surface area contributed by atoms with Crippen molar-refractivity contribution in [3.63, 3.8) is 0 Å². The molecule has 0 saturated heterocycles. The van der Waals surface area contributed by atoms with E-state index in [0.29, 0.717) is 11.5 Å². The van der Waals surface area contributed by atoms with E-state index in [1.54, 1.807) is 6.92 Å². The lowest BCUT2D eigenvalue weighted by Gasteiger charge is -2.29. The first-order valence-corrected chi connectivity index (χ1v) is 10.1. The largest absolute Gasteiger partial charge is 0.206 e. The Labute approximate surface area is 164 Å². The molecule has 0 bridgehead atoms. The van der Waals surface area contributed by atoms with E-state index in [-0.39, 0.29) is 22.6 Å². The van der Waals surface area contributed by atoms with Gasteiger partial charge in [0.25, 0.3) is 0 Å². The molecule has 0 aliphatic heterocycles. The summed E-state index contributed by atoms with van der Waals surface area (Å²) in [6.07, 6.45) is 9.15. The molecule has 1 fully saturated rings. The van der Waals surface area contributed by atoms with E-state index in [4.69, 9.17) is 0 Å². The van der Waals surface area contributed by atoms with Gasteiger partial charge in [0.05, 0.1) is 5.56 Å². The van der Waals surface area contributed by atoms with Crippen LogP contribution in [0.5, 0.6) is 0 Å². The minimum absolute atomic E-state index is 0.128. The zero-order chi connectivity index (χ0) is 20.3. The molecule has 2 aromatic rings. The van der Waals surface area contributed by atoms with Gasteiger partial charge in [0.15, 0.2) is 0 Å². The molecule has 0 N–H and O–H groups in total. The third-order valence-electron chi connectivity index (χ3n) is 5.78. The monoisotopic (exact) mass is 390 g/mol. The highest BCUT2D eigenvalue weighted by atomic mass is 19.1. The van der Waals surface area contributed by atoms with Crippen molar-refractivity contribution in [1.29, 1.82) is 0 Å². The van der Waals surface area contributed by atoms with Gasteiger partial charge in [-0.15, -0.1) is 0 Å². The Morgan fingerprint density at radius 2 is 1.43 bits per heavy atom. The molecular weight excluding hydrogens is 364 g/mol. The fourth-order valence-corrected chi connectivity index (χ4v) is 4.35. The van der Waals surface area contributed by atoms with E-state index < -0.39 is 23.3 Å². The van der Waals surface area contributed by atoms with Gasteiger partial charge in [-0.25, -0.2) is 17.6 Å². The van der Waals surface area contributed by atoms with E-state index in [1.165, 1.54) is 30.7 Å².